The van der Waals surface area contributed by atoms with Crippen molar-refractivity contribution in [2.75, 3.05) is 6.61 Å². The first kappa shape index (κ1) is 20.9. The van der Waals surface area contributed by atoms with Gasteiger partial charge in [0.05, 0.1) is 0 Å². The van der Waals surface area contributed by atoms with E-state index in [1.165, 1.54) is 18.3 Å². The number of hydrogen-bond donors (Lipinski definition) is 1. The lowest BCUT2D eigenvalue weighted by Crippen LogP contribution is -2.51. The number of ether oxygens (including phenoxy) is 1. The Morgan fingerprint density at radius 1 is 1.29 bits per heavy atom. The van der Waals surface area contributed by atoms with E-state index < -0.39 is 29.9 Å². The molecule has 1 saturated carbocycles. The van der Waals surface area contributed by atoms with Crippen LogP contribution in [0.15, 0.2) is 41.5 Å². The molecule has 0 saturated heterocycles. The van der Waals surface area contributed by atoms with Gasteiger partial charge in [-0.1, -0.05) is 17.9 Å². The van der Waals surface area contributed by atoms with Gasteiger partial charge in [-0.2, -0.15) is 8.78 Å². The second-order valence-corrected chi connectivity index (χ2v) is 7.91. The second-order valence-electron chi connectivity index (χ2n) is 7.91. The van der Waals surface area contributed by atoms with Gasteiger partial charge in [-0.15, -0.1) is 0 Å². The Bertz CT molecular complexity index is 1120. The summed E-state index contributed by atoms with van der Waals surface area (Å²) in [5.74, 6) is 1.91. The van der Waals surface area contributed by atoms with Gasteiger partial charge in [0.15, 0.2) is 17.9 Å². The van der Waals surface area contributed by atoms with Crippen LogP contribution >= 0.6 is 0 Å². The Labute approximate surface area is 177 Å². The highest BCUT2D eigenvalue weighted by Gasteiger charge is 2.56. The van der Waals surface area contributed by atoms with Crippen molar-refractivity contribution in [3.05, 3.63) is 64.7 Å². The Kier molecular flexibility index (Phi) is 5.21. The predicted molar refractivity (Wildman–Crippen MR) is 108 cm³/mol. The molecule has 2 aliphatic rings. The molecule has 1 aliphatic carbocycles. The molecule has 4 rings (SSSR count). The van der Waals surface area contributed by atoms with Gasteiger partial charge in [0.2, 0.25) is 0 Å². The summed E-state index contributed by atoms with van der Waals surface area (Å²) in [5.41, 5.74) is 4.16. The van der Waals surface area contributed by atoms with Crippen LogP contribution in [0, 0.1) is 23.6 Å². The number of hydrogen-bond acceptors (Lipinski definition) is 5. The van der Waals surface area contributed by atoms with Crippen LogP contribution < -0.4 is 5.73 Å². The zero-order valence-electron chi connectivity index (χ0n) is 16.8. The minimum absolute atomic E-state index is 0.134. The van der Waals surface area contributed by atoms with E-state index in [1.54, 1.807) is 12.1 Å². The quantitative estimate of drug-likeness (QED) is 0.598. The fourth-order valence-electron chi connectivity index (χ4n) is 3.27. The number of carbonyl (C=O) groups is 1. The van der Waals surface area contributed by atoms with E-state index >= 15 is 0 Å². The number of aliphatic imine (C=N–C) groups is 1. The maximum Gasteiger partial charge on any atom is 0.310 e. The average Bonchev–Trinajstić information content (AvgIpc) is 3.56. The standard InChI is InChI=1S/C23H20F3N3O2/c1-22(23(25,26)13-31-21(27)29-22)17-10-16(6-8-18(17)24)11-20(30)19-9-7-15(12-28-19)5-4-14-2-3-14/h6-10,12,14H,2-3,11,13H2,1H3,(H2,27,29)/t22-/m1/s1. The highest BCUT2D eigenvalue weighted by Crippen LogP contribution is 2.44. The van der Waals surface area contributed by atoms with Crippen LogP contribution in [0.3, 0.4) is 0 Å². The van der Waals surface area contributed by atoms with Crippen LogP contribution in [-0.4, -0.2) is 29.3 Å². The predicted octanol–water partition coefficient (Wildman–Crippen LogP) is 3.60. The first-order chi connectivity index (χ1) is 14.7. The molecule has 0 bridgehead atoms. The fourth-order valence-corrected chi connectivity index (χ4v) is 3.27. The average molecular weight is 427 g/mol. The molecule has 160 valence electrons. The highest BCUT2D eigenvalue weighted by atomic mass is 19.3. The van der Waals surface area contributed by atoms with Crippen molar-refractivity contribution in [3.8, 4) is 11.8 Å². The third-order valence-electron chi connectivity index (χ3n) is 5.41. The molecule has 0 spiro atoms. The fraction of sp³-hybridized carbons (Fsp3) is 0.348. The molecule has 2 N–H and O–H groups in total. The summed E-state index contributed by atoms with van der Waals surface area (Å²) in [6.45, 7) is 0.0800. The molecule has 1 atom stereocenters. The Morgan fingerprint density at radius 2 is 2.06 bits per heavy atom. The molecule has 31 heavy (non-hydrogen) atoms. The van der Waals surface area contributed by atoms with Gasteiger partial charge < -0.3 is 10.5 Å². The molecule has 1 aromatic heterocycles. The van der Waals surface area contributed by atoms with Gasteiger partial charge in [0.25, 0.3) is 6.02 Å². The summed E-state index contributed by atoms with van der Waals surface area (Å²) < 4.78 is 48.3. The van der Waals surface area contributed by atoms with Crippen molar-refractivity contribution >= 4 is 11.8 Å². The van der Waals surface area contributed by atoms with Crippen molar-refractivity contribution < 1.29 is 22.7 Å². The van der Waals surface area contributed by atoms with E-state index in [-0.39, 0.29) is 23.5 Å². The van der Waals surface area contributed by atoms with E-state index in [0.717, 1.165) is 31.4 Å². The monoisotopic (exact) mass is 427 g/mol. The summed E-state index contributed by atoms with van der Waals surface area (Å²) in [4.78, 5) is 20.5. The van der Waals surface area contributed by atoms with Crippen LogP contribution in [0.5, 0.6) is 0 Å². The smallest absolute Gasteiger partial charge is 0.310 e. The lowest BCUT2D eigenvalue weighted by atomic mass is 9.84. The number of aromatic nitrogens is 1. The minimum Gasteiger partial charge on any atom is -0.459 e. The van der Waals surface area contributed by atoms with Gasteiger partial charge in [-0.3, -0.25) is 9.78 Å². The molecule has 1 aromatic carbocycles. The zero-order valence-corrected chi connectivity index (χ0v) is 16.8. The number of halogens is 3. The second kappa shape index (κ2) is 7.73. The van der Waals surface area contributed by atoms with E-state index in [2.05, 4.69) is 26.6 Å². The van der Waals surface area contributed by atoms with Crippen molar-refractivity contribution in [3.63, 3.8) is 0 Å². The van der Waals surface area contributed by atoms with Crippen LogP contribution in [-0.2, 0) is 16.7 Å². The number of carbonyl (C=O) groups excluding carboxylic acids is 1. The number of nitrogens with two attached hydrogens (primary N) is 1. The van der Waals surface area contributed by atoms with E-state index in [0.29, 0.717) is 11.5 Å². The summed E-state index contributed by atoms with van der Waals surface area (Å²) in [6.07, 6.45) is 3.63. The maximum atomic E-state index is 14.6. The topological polar surface area (TPSA) is 77.6 Å². The molecule has 0 unspecified atom stereocenters. The number of benzene rings is 1. The van der Waals surface area contributed by atoms with Gasteiger partial charge >= 0.3 is 5.92 Å². The zero-order chi connectivity index (χ0) is 22.2. The van der Waals surface area contributed by atoms with Gasteiger partial charge in [-0.25, -0.2) is 9.38 Å². The summed E-state index contributed by atoms with van der Waals surface area (Å²) in [5, 5.41) is 0. The number of ketones is 1. The SMILES string of the molecule is C[C@]1(c2cc(CC(=O)c3ccc(C#CC4CC4)cn3)ccc2F)N=C(N)OCC1(F)F. The molecule has 1 aliphatic heterocycles. The minimum atomic E-state index is -3.49. The summed E-state index contributed by atoms with van der Waals surface area (Å²) >= 11 is 0. The van der Waals surface area contributed by atoms with Crippen molar-refractivity contribution in [1.82, 2.24) is 4.98 Å². The normalized spacial score (nSPS) is 22.0. The number of rotatable bonds is 4. The molecular weight excluding hydrogens is 407 g/mol. The highest BCUT2D eigenvalue weighted by molar-refractivity contribution is 5.95. The van der Waals surface area contributed by atoms with Gasteiger partial charge in [0, 0.05) is 29.7 Å². The molecule has 1 fully saturated rings. The van der Waals surface area contributed by atoms with E-state index in [1.807, 2.05) is 0 Å². The molecule has 0 radical (unpaired) electrons. The summed E-state index contributed by atoms with van der Waals surface area (Å²) in [6, 6.07) is 6.49. The van der Waals surface area contributed by atoms with Crippen LogP contribution in [0.2, 0.25) is 0 Å². The van der Waals surface area contributed by atoms with E-state index in [4.69, 9.17) is 5.73 Å². The molecule has 2 heterocycles. The molecular formula is C23H20F3N3O2. The van der Waals surface area contributed by atoms with Crippen LogP contribution in [0.4, 0.5) is 13.2 Å². The molecule has 5 nitrogen and oxygen atoms in total. The van der Waals surface area contributed by atoms with Crippen molar-refractivity contribution in [1.29, 1.82) is 0 Å². The summed E-state index contributed by atoms with van der Waals surface area (Å²) in [7, 11) is 0. The Morgan fingerprint density at radius 3 is 2.74 bits per heavy atom. The first-order valence-corrected chi connectivity index (χ1v) is 9.83. The van der Waals surface area contributed by atoms with Crippen LogP contribution in [0.25, 0.3) is 0 Å². The number of alkyl halides is 2. The van der Waals surface area contributed by atoms with Gasteiger partial charge in [0.1, 0.15) is 11.5 Å². The van der Waals surface area contributed by atoms with Crippen LogP contribution in [0.1, 0.15) is 46.9 Å². The largest absolute Gasteiger partial charge is 0.459 e. The lowest BCUT2D eigenvalue weighted by molar-refractivity contribution is -0.117. The number of amidine groups is 1. The third kappa shape index (κ3) is 4.26. The van der Waals surface area contributed by atoms with E-state index in [9.17, 15) is 18.0 Å². The van der Waals surface area contributed by atoms with Gasteiger partial charge in [-0.05, 0) is 49.6 Å². The Hall–Kier alpha value is -3.34. The first-order valence-electron chi connectivity index (χ1n) is 9.83. The molecule has 2 aromatic rings. The molecule has 0 amide bonds. The van der Waals surface area contributed by atoms with Crippen molar-refractivity contribution in [2.24, 2.45) is 16.6 Å². The third-order valence-corrected chi connectivity index (χ3v) is 5.41. The lowest BCUT2D eigenvalue weighted by Gasteiger charge is -2.37. The number of pyridine rings is 1. The Balaban J connectivity index is 1.56. The molecule has 8 heteroatoms. The number of nitrogens with zero attached hydrogens (tertiary/aromatic N) is 2. The maximum absolute atomic E-state index is 14.6. The number of Topliss-reactive ketones (excluding diaryl/α,β-unsaturated/α-hetero) is 1. The van der Waals surface area contributed by atoms with Crippen molar-refractivity contribution in [2.45, 2.75) is 37.6 Å².